The molecule has 1 aromatic carbocycles. The summed E-state index contributed by atoms with van der Waals surface area (Å²) in [6.45, 7) is 3.62. The number of hydrogen-bond acceptors (Lipinski definition) is 5. The number of rotatable bonds is 5. The summed E-state index contributed by atoms with van der Waals surface area (Å²) in [6, 6.07) is 6.74. The molecule has 1 heterocycles. The molecule has 0 saturated carbocycles. The fraction of sp³-hybridized carbons (Fsp3) is 0.500. The molecule has 3 N–H and O–H groups in total. The first kappa shape index (κ1) is 16.3. The van der Waals surface area contributed by atoms with Crippen molar-refractivity contribution in [3.8, 4) is 0 Å². The molecule has 1 aliphatic heterocycles. The Labute approximate surface area is 130 Å². The lowest BCUT2D eigenvalue weighted by Crippen LogP contribution is -2.42. The first-order chi connectivity index (χ1) is 9.90. The van der Waals surface area contributed by atoms with Gasteiger partial charge in [0, 0.05) is 36.2 Å². The fourth-order valence-corrected chi connectivity index (χ4v) is 4.69. The molecule has 116 valence electrons. The minimum Gasteiger partial charge on any atom is -0.384 e. The van der Waals surface area contributed by atoms with Crippen LogP contribution in [0, 0.1) is 5.41 Å². The number of hydrogen-bond donors (Lipinski definition) is 2. The van der Waals surface area contributed by atoms with Crippen molar-refractivity contribution in [2.24, 2.45) is 5.73 Å². The van der Waals surface area contributed by atoms with E-state index in [1.807, 2.05) is 11.8 Å². The van der Waals surface area contributed by atoms with E-state index in [9.17, 15) is 8.42 Å². The van der Waals surface area contributed by atoms with Crippen LogP contribution in [0.3, 0.4) is 0 Å². The van der Waals surface area contributed by atoms with Crippen molar-refractivity contribution in [2.75, 3.05) is 30.3 Å². The molecule has 0 amide bonds. The van der Waals surface area contributed by atoms with Crippen molar-refractivity contribution >= 4 is 27.4 Å². The Kier molecular flexibility index (Phi) is 5.29. The topological polar surface area (TPSA) is 87.2 Å². The summed E-state index contributed by atoms with van der Waals surface area (Å²) >= 11 is 1.91. The Hall–Kier alpha value is -1.05. The van der Waals surface area contributed by atoms with Crippen molar-refractivity contribution < 1.29 is 8.42 Å². The van der Waals surface area contributed by atoms with Crippen molar-refractivity contribution in [1.82, 2.24) is 4.90 Å². The molecule has 1 atom stereocenters. The van der Waals surface area contributed by atoms with Crippen molar-refractivity contribution in [1.29, 1.82) is 5.41 Å². The SMILES string of the molecule is CC1CSCCN1CCS(=O)(=O)c1cccc(C(=N)N)c1. The molecule has 2 rings (SSSR count). The van der Waals surface area contributed by atoms with Crippen LogP contribution in [0.1, 0.15) is 12.5 Å². The average Bonchev–Trinajstić information content (AvgIpc) is 2.46. The maximum Gasteiger partial charge on any atom is 0.179 e. The number of thioether (sulfide) groups is 1. The van der Waals surface area contributed by atoms with Gasteiger partial charge in [-0.1, -0.05) is 12.1 Å². The molecular formula is C14H21N3O2S2. The van der Waals surface area contributed by atoms with E-state index in [2.05, 4.69) is 11.8 Å². The van der Waals surface area contributed by atoms with Gasteiger partial charge in [0.15, 0.2) is 9.84 Å². The van der Waals surface area contributed by atoms with Gasteiger partial charge in [-0.25, -0.2) is 8.42 Å². The highest BCUT2D eigenvalue weighted by molar-refractivity contribution is 7.99. The molecule has 1 unspecified atom stereocenters. The normalized spacial score (nSPS) is 20.3. The van der Waals surface area contributed by atoms with E-state index in [4.69, 9.17) is 11.1 Å². The van der Waals surface area contributed by atoms with Crippen LogP contribution in [0.25, 0.3) is 0 Å². The standard InChI is InChI=1S/C14H21N3O2S2/c1-11-10-20-7-5-17(11)6-8-21(18,19)13-4-2-3-12(9-13)14(15)16/h2-4,9,11H,5-8,10H2,1H3,(H3,15,16). The van der Waals surface area contributed by atoms with Crippen LogP contribution in [0.15, 0.2) is 29.2 Å². The Morgan fingerprint density at radius 2 is 2.29 bits per heavy atom. The Morgan fingerprint density at radius 3 is 2.95 bits per heavy atom. The van der Waals surface area contributed by atoms with Crippen LogP contribution >= 0.6 is 11.8 Å². The van der Waals surface area contributed by atoms with Gasteiger partial charge in [0.2, 0.25) is 0 Å². The number of sulfone groups is 1. The molecule has 1 aromatic rings. The van der Waals surface area contributed by atoms with Gasteiger partial charge in [0.1, 0.15) is 5.84 Å². The summed E-state index contributed by atoms with van der Waals surface area (Å²) in [4.78, 5) is 2.47. The molecule has 0 spiro atoms. The predicted octanol–water partition coefficient (Wildman–Crippen LogP) is 1.18. The molecule has 0 aliphatic carbocycles. The molecule has 1 saturated heterocycles. The zero-order valence-corrected chi connectivity index (χ0v) is 13.7. The number of nitrogens with two attached hydrogens (primary N) is 1. The van der Waals surface area contributed by atoms with Gasteiger partial charge in [0.05, 0.1) is 10.6 Å². The Morgan fingerprint density at radius 1 is 1.52 bits per heavy atom. The fourth-order valence-electron chi connectivity index (χ4n) is 2.31. The third-order valence-corrected chi connectivity index (χ3v) is 6.54. The molecule has 1 fully saturated rings. The Balaban J connectivity index is 2.07. The third kappa shape index (κ3) is 4.21. The molecule has 1 aliphatic rings. The molecular weight excluding hydrogens is 306 g/mol. The molecule has 0 aromatic heterocycles. The Bertz CT molecular complexity index is 616. The maximum absolute atomic E-state index is 12.4. The highest BCUT2D eigenvalue weighted by Crippen LogP contribution is 2.18. The lowest BCUT2D eigenvalue weighted by atomic mass is 10.2. The van der Waals surface area contributed by atoms with Crippen LogP contribution in [-0.4, -0.2) is 55.5 Å². The smallest absolute Gasteiger partial charge is 0.179 e. The monoisotopic (exact) mass is 327 g/mol. The van der Waals surface area contributed by atoms with Crippen LogP contribution in [0.2, 0.25) is 0 Å². The second-order valence-corrected chi connectivity index (χ2v) is 8.48. The number of amidine groups is 1. The van der Waals surface area contributed by atoms with Gasteiger partial charge in [-0.3, -0.25) is 10.3 Å². The second-order valence-electron chi connectivity index (χ2n) is 5.22. The van der Waals surface area contributed by atoms with E-state index in [1.54, 1.807) is 18.2 Å². The number of nitrogens with zero attached hydrogens (tertiary/aromatic N) is 1. The highest BCUT2D eigenvalue weighted by Gasteiger charge is 2.22. The second kappa shape index (κ2) is 6.81. The summed E-state index contributed by atoms with van der Waals surface area (Å²) < 4.78 is 24.8. The largest absolute Gasteiger partial charge is 0.384 e. The molecule has 0 bridgehead atoms. The van der Waals surface area contributed by atoms with Crippen LogP contribution in [0.4, 0.5) is 0 Å². The van der Waals surface area contributed by atoms with Crippen molar-refractivity contribution in [2.45, 2.75) is 17.9 Å². The van der Waals surface area contributed by atoms with Crippen molar-refractivity contribution in [3.05, 3.63) is 29.8 Å². The molecule has 21 heavy (non-hydrogen) atoms. The van der Waals surface area contributed by atoms with Crippen LogP contribution in [0.5, 0.6) is 0 Å². The van der Waals surface area contributed by atoms with Gasteiger partial charge < -0.3 is 5.73 Å². The number of nitrogen functional groups attached to an aromatic ring is 1. The van der Waals surface area contributed by atoms with Gasteiger partial charge >= 0.3 is 0 Å². The van der Waals surface area contributed by atoms with E-state index in [0.717, 1.165) is 18.1 Å². The summed E-state index contributed by atoms with van der Waals surface area (Å²) in [6.07, 6.45) is 0. The average molecular weight is 327 g/mol. The predicted molar refractivity (Wildman–Crippen MR) is 87.9 cm³/mol. The van der Waals surface area contributed by atoms with E-state index in [-0.39, 0.29) is 16.5 Å². The zero-order valence-electron chi connectivity index (χ0n) is 12.1. The maximum atomic E-state index is 12.4. The van der Waals surface area contributed by atoms with Gasteiger partial charge in [-0.15, -0.1) is 0 Å². The van der Waals surface area contributed by atoms with E-state index in [1.165, 1.54) is 6.07 Å². The molecule has 5 nitrogen and oxygen atoms in total. The first-order valence-electron chi connectivity index (χ1n) is 6.89. The number of nitrogens with one attached hydrogen (secondary N) is 1. The lowest BCUT2D eigenvalue weighted by Gasteiger charge is -2.32. The van der Waals surface area contributed by atoms with Gasteiger partial charge in [0.25, 0.3) is 0 Å². The summed E-state index contributed by atoms with van der Waals surface area (Å²) in [5.41, 5.74) is 5.86. The summed E-state index contributed by atoms with van der Waals surface area (Å²) in [5.74, 6) is 2.10. The van der Waals surface area contributed by atoms with E-state index >= 15 is 0 Å². The first-order valence-corrected chi connectivity index (χ1v) is 9.70. The summed E-state index contributed by atoms with van der Waals surface area (Å²) in [7, 11) is -3.34. The minimum atomic E-state index is -3.34. The molecule has 7 heteroatoms. The lowest BCUT2D eigenvalue weighted by molar-refractivity contribution is 0.246. The van der Waals surface area contributed by atoms with Gasteiger partial charge in [-0.05, 0) is 19.1 Å². The highest BCUT2D eigenvalue weighted by atomic mass is 32.2. The van der Waals surface area contributed by atoms with Gasteiger partial charge in [-0.2, -0.15) is 11.8 Å². The van der Waals surface area contributed by atoms with E-state index < -0.39 is 9.84 Å². The number of benzene rings is 1. The van der Waals surface area contributed by atoms with Crippen molar-refractivity contribution in [3.63, 3.8) is 0 Å². The third-order valence-electron chi connectivity index (χ3n) is 3.66. The molecule has 0 radical (unpaired) electrons. The minimum absolute atomic E-state index is 0.101. The quantitative estimate of drug-likeness (QED) is 0.626. The van der Waals surface area contributed by atoms with Crippen LogP contribution < -0.4 is 5.73 Å². The van der Waals surface area contributed by atoms with Crippen LogP contribution in [-0.2, 0) is 9.84 Å². The van der Waals surface area contributed by atoms with E-state index in [0.29, 0.717) is 18.2 Å². The zero-order chi connectivity index (χ0) is 15.5. The summed E-state index contributed by atoms with van der Waals surface area (Å²) in [5, 5.41) is 7.40.